The van der Waals surface area contributed by atoms with Crippen molar-refractivity contribution in [1.82, 2.24) is 15.0 Å². The van der Waals surface area contributed by atoms with Crippen LogP contribution in [0, 0.1) is 6.92 Å². The lowest BCUT2D eigenvalue weighted by Gasteiger charge is -2.27. The molecule has 0 unspecified atom stereocenters. The molecule has 38 heavy (non-hydrogen) atoms. The molecule has 15 heteroatoms. The largest absolute Gasteiger partial charge is 0.506 e. The lowest BCUT2D eigenvalue weighted by molar-refractivity contribution is -0.134. The number of anilines is 4. The highest BCUT2D eigenvalue weighted by atomic mass is 79.9. The van der Waals surface area contributed by atoms with Crippen molar-refractivity contribution in [2.45, 2.75) is 13.8 Å². The van der Waals surface area contributed by atoms with Gasteiger partial charge in [-0.05, 0) is 78.5 Å². The molecule has 0 aliphatic carbocycles. The number of phenolic OH excluding ortho intramolecular Hbond substituents is 2. The van der Waals surface area contributed by atoms with Crippen LogP contribution in [0.4, 0.5) is 23.5 Å². The number of hydrogen-bond acceptors (Lipinski definition) is 11. The van der Waals surface area contributed by atoms with Crippen LogP contribution in [0.3, 0.4) is 0 Å². The van der Waals surface area contributed by atoms with Crippen LogP contribution in [0.25, 0.3) is 0 Å². The van der Waals surface area contributed by atoms with Crippen LogP contribution >= 0.6 is 47.8 Å². The molecule has 2 heterocycles. The number of aromatic hydroxyl groups is 2. The number of hydrazone groups is 1. The van der Waals surface area contributed by atoms with E-state index in [0.717, 1.165) is 22.6 Å². The number of morpholine rings is 1. The number of hydrogen-bond donors (Lipinski definition) is 5. The smallest absolute Gasteiger partial charge is 0.300 e. The van der Waals surface area contributed by atoms with Crippen LogP contribution in [0.15, 0.2) is 42.8 Å². The Hall–Kier alpha value is -3.01. The molecule has 0 bridgehead atoms. The zero-order valence-corrected chi connectivity index (χ0v) is 25.0. The minimum Gasteiger partial charge on any atom is -0.506 e. The normalized spacial score (nSPS) is 13.1. The van der Waals surface area contributed by atoms with E-state index in [0.29, 0.717) is 48.2 Å². The summed E-state index contributed by atoms with van der Waals surface area (Å²) >= 11 is 9.95. The van der Waals surface area contributed by atoms with Gasteiger partial charge in [0, 0.05) is 30.0 Å². The highest BCUT2D eigenvalue weighted by Gasteiger charge is 2.17. The Morgan fingerprint density at radius 1 is 1.05 bits per heavy atom. The number of carboxylic acid groups (broad SMARTS) is 1. The van der Waals surface area contributed by atoms with Gasteiger partial charge in [-0.1, -0.05) is 6.07 Å². The van der Waals surface area contributed by atoms with Gasteiger partial charge < -0.3 is 30.3 Å². The molecule has 12 nitrogen and oxygen atoms in total. The predicted octanol–water partition coefficient (Wildman–Crippen LogP) is 5.00. The first kappa shape index (κ1) is 29.5. The Labute approximate surface area is 243 Å². The number of nitrogens with zero attached hydrogens (tertiary/aromatic N) is 5. The molecular weight excluding hydrogens is 694 g/mol. The van der Waals surface area contributed by atoms with Gasteiger partial charge in [0.1, 0.15) is 16.0 Å². The van der Waals surface area contributed by atoms with Gasteiger partial charge in [0.2, 0.25) is 17.8 Å². The highest BCUT2D eigenvalue weighted by Crippen LogP contribution is 2.40. The fourth-order valence-corrected chi connectivity index (χ4v) is 4.84. The molecule has 0 saturated carbocycles. The molecule has 3 aromatic rings. The Kier molecular flexibility index (Phi) is 10.6. The fraction of sp³-hybridized carbons (Fsp3) is 0.261. The minimum absolute atomic E-state index is 0.104. The first-order chi connectivity index (χ1) is 18.0. The monoisotopic (exact) mass is 715 g/mol. The molecule has 0 amide bonds. The maximum absolute atomic E-state index is 10.2. The second kappa shape index (κ2) is 13.7. The lowest BCUT2D eigenvalue weighted by atomic mass is 10.2. The molecule has 4 rings (SSSR count). The Morgan fingerprint density at radius 3 is 2.37 bits per heavy atom. The van der Waals surface area contributed by atoms with E-state index >= 15 is 0 Å². The number of aromatic nitrogens is 3. The van der Waals surface area contributed by atoms with Crippen molar-refractivity contribution in [3.8, 4) is 11.5 Å². The van der Waals surface area contributed by atoms with Crippen molar-refractivity contribution in [3.63, 3.8) is 0 Å². The summed E-state index contributed by atoms with van der Waals surface area (Å²) in [4.78, 5) is 24.5. The van der Waals surface area contributed by atoms with Crippen LogP contribution in [0.5, 0.6) is 11.5 Å². The molecule has 1 aliphatic rings. The van der Waals surface area contributed by atoms with Gasteiger partial charge in [-0.25, -0.2) is 5.43 Å². The van der Waals surface area contributed by atoms with Crippen LogP contribution in [0.2, 0.25) is 0 Å². The van der Waals surface area contributed by atoms with Gasteiger partial charge in [0.25, 0.3) is 5.97 Å². The lowest BCUT2D eigenvalue weighted by Crippen LogP contribution is -2.37. The number of nitrogens with one attached hydrogen (secondary N) is 2. The zero-order chi connectivity index (χ0) is 27.8. The number of aliphatic carboxylic acids is 1. The standard InChI is InChI=1S/C21H20Br3N7O3.C2H4O2/c1-11-2-3-15(13(22)8-11)26-19-27-20(29-21(28-19)31-4-6-34-7-5-31)30-25-10-12-9-14(23)18(33)16(24)17(12)32;1-2(3)4/h2-3,8-10,32-33H,4-7H2,1H3,(H2,26,27,28,29,30);1H3,(H,3,4)/b25-10+;. The van der Waals surface area contributed by atoms with Gasteiger partial charge >= 0.3 is 0 Å². The van der Waals surface area contributed by atoms with E-state index in [1.54, 1.807) is 0 Å². The van der Waals surface area contributed by atoms with Gasteiger partial charge in [-0.15, -0.1) is 0 Å². The number of carbonyl (C=O) groups is 1. The molecular formula is C23H24Br3N7O5. The fourth-order valence-electron chi connectivity index (χ4n) is 3.09. The molecule has 1 aliphatic heterocycles. The first-order valence-electron chi connectivity index (χ1n) is 11.1. The zero-order valence-electron chi connectivity index (χ0n) is 20.2. The number of carboxylic acids is 1. The summed E-state index contributed by atoms with van der Waals surface area (Å²) in [6.07, 6.45) is 1.39. The summed E-state index contributed by atoms with van der Waals surface area (Å²) in [5.74, 6) is -0.0398. The SMILES string of the molecule is CC(=O)O.Cc1ccc(Nc2nc(N/N=C/c3cc(Br)c(O)c(Br)c3O)nc(N3CCOCC3)n2)c(Br)c1. The predicted molar refractivity (Wildman–Crippen MR) is 155 cm³/mol. The minimum atomic E-state index is -0.833. The van der Waals surface area contributed by atoms with Crippen molar-refractivity contribution in [3.05, 3.63) is 48.8 Å². The summed E-state index contributed by atoms with van der Waals surface area (Å²) in [6.45, 7) is 5.58. The molecule has 1 aromatic heterocycles. The van der Waals surface area contributed by atoms with Gasteiger partial charge in [0.15, 0.2) is 0 Å². The van der Waals surface area contributed by atoms with Crippen LogP contribution in [-0.4, -0.2) is 68.8 Å². The number of aryl methyl sites for hydroxylation is 1. The second-order valence-corrected chi connectivity index (χ2v) is 10.3. The summed E-state index contributed by atoms with van der Waals surface area (Å²) in [5, 5.41) is 34.9. The van der Waals surface area contributed by atoms with Crippen LogP contribution in [0.1, 0.15) is 18.1 Å². The van der Waals surface area contributed by atoms with Crippen molar-refractivity contribution >= 4 is 83.5 Å². The molecule has 1 saturated heterocycles. The van der Waals surface area contributed by atoms with Crippen molar-refractivity contribution in [2.75, 3.05) is 41.9 Å². The summed E-state index contributed by atoms with van der Waals surface area (Å²) < 4.78 is 6.88. The number of halogens is 3. The third kappa shape index (κ3) is 8.24. The number of rotatable bonds is 6. The molecule has 2 aromatic carbocycles. The average molecular weight is 718 g/mol. The second-order valence-electron chi connectivity index (χ2n) is 7.84. The molecule has 202 valence electrons. The third-order valence-electron chi connectivity index (χ3n) is 4.85. The van der Waals surface area contributed by atoms with E-state index in [-0.39, 0.29) is 21.9 Å². The van der Waals surface area contributed by atoms with Gasteiger partial charge in [-0.3, -0.25) is 4.79 Å². The van der Waals surface area contributed by atoms with E-state index in [9.17, 15) is 10.2 Å². The maximum atomic E-state index is 10.2. The molecule has 5 N–H and O–H groups in total. The number of phenols is 2. The maximum Gasteiger partial charge on any atom is 0.300 e. The third-order valence-corrected chi connectivity index (χ3v) is 6.87. The summed E-state index contributed by atoms with van der Waals surface area (Å²) in [6, 6.07) is 7.46. The van der Waals surface area contributed by atoms with E-state index in [4.69, 9.17) is 14.6 Å². The first-order valence-corrected chi connectivity index (χ1v) is 13.4. The van der Waals surface area contributed by atoms with E-state index < -0.39 is 5.97 Å². The average Bonchev–Trinajstić information content (AvgIpc) is 2.87. The number of benzene rings is 2. The van der Waals surface area contributed by atoms with Crippen LogP contribution < -0.4 is 15.6 Å². The van der Waals surface area contributed by atoms with Crippen molar-refractivity contribution in [1.29, 1.82) is 0 Å². The molecule has 0 spiro atoms. The van der Waals surface area contributed by atoms with Gasteiger partial charge in [-0.2, -0.15) is 20.1 Å². The molecule has 0 radical (unpaired) electrons. The Bertz CT molecular complexity index is 1330. The van der Waals surface area contributed by atoms with E-state index in [1.165, 1.54) is 12.3 Å². The van der Waals surface area contributed by atoms with Crippen LogP contribution in [-0.2, 0) is 9.53 Å². The van der Waals surface area contributed by atoms with Gasteiger partial charge in [0.05, 0.1) is 29.6 Å². The number of ether oxygens (including phenoxy) is 1. The topological polar surface area (TPSA) is 165 Å². The quantitative estimate of drug-likeness (QED) is 0.172. The van der Waals surface area contributed by atoms with E-state index in [1.807, 2.05) is 30.0 Å². The van der Waals surface area contributed by atoms with Crippen molar-refractivity contribution in [2.24, 2.45) is 5.10 Å². The summed E-state index contributed by atoms with van der Waals surface area (Å²) in [5.41, 5.74) is 5.09. The summed E-state index contributed by atoms with van der Waals surface area (Å²) in [7, 11) is 0. The Morgan fingerprint density at radius 2 is 1.71 bits per heavy atom. The van der Waals surface area contributed by atoms with Crippen molar-refractivity contribution < 1.29 is 24.9 Å². The Balaban J connectivity index is 0.000000934. The molecule has 1 fully saturated rings. The van der Waals surface area contributed by atoms with E-state index in [2.05, 4.69) is 78.6 Å². The highest BCUT2D eigenvalue weighted by molar-refractivity contribution is 9.11. The molecule has 0 atom stereocenters.